The predicted molar refractivity (Wildman–Crippen MR) is 52.8 cm³/mol. The van der Waals surface area contributed by atoms with Crippen molar-refractivity contribution in [3.05, 3.63) is 16.6 Å². The fourth-order valence-corrected chi connectivity index (χ4v) is 2.04. The molecule has 0 aromatic carbocycles. The third-order valence-corrected chi connectivity index (χ3v) is 3.26. The number of rotatable bonds is 4. The van der Waals surface area contributed by atoms with Gasteiger partial charge in [-0.1, -0.05) is 0 Å². The Balaban J connectivity index is 1.65. The maximum atomic E-state index is 5.20. The van der Waals surface area contributed by atoms with Crippen molar-refractivity contribution in [2.45, 2.75) is 31.5 Å². The molecule has 0 atom stereocenters. The molecule has 1 aromatic rings. The van der Waals surface area contributed by atoms with Crippen LogP contribution in [0.2, 0.25) is 0 Å². The normalized spacial score (nSPS) is 27.2. The summed E-state index contributed by atoms with van der Waals surface area (Å²) in [6.07, 6.45) is 4.70. The van der Waals surface area contributed by atoms with Gasteiger partial charge >= 0.3 is 0 Å². The van der Waals surface area contributed by atoms with Gasteiger partial charge in [0.05, 0.1) is 11.6 Å². The number of aromatic nitrogens is 1. The number of nitrogens with one attached hydrogen (secondary N) is 1. The van der Waals surface area contributed by atoms with Gasteiger partial charge in [0.25, 0.3) is 0 Å². The Kier molecular flexibility index (Phi) is 2.93. The summed E-state index contributed by atoms with van der Waals surface area (Å²) < 4.78 is 5.20. The Bertz CT molecular complexity index is 244. The van der Waals surface area contributed by atoms with Gasteiger partial charge in [0.15, 0.2) is 0 Å². The zero-order valence-corrected chi connectivity index (χ0v) is 8.51. The van der Waals surface area contributed by atoms with Crippen LogP contribution in [-0.4, -0.2) is 24.2 Å². The van der Waals surface area contributed by atoms with Crippen LogP contribution in [0.4, 0.5) is 0 Å². The molecule has 0 unspecified atom stereocenters. The number of thiazole rings is 1. The van der Waals surface area contributed by atoms with Gasteiger partial charge in [0.2, 0.25) is 0 Å². The van der Waals surface area contributed by atoms with Crippen LogP contribution in [0.1, 0.15) is 17.7 Å². The molecule has 0 amide bonds. The first-order valence-electron chi connectivity index (χ1n) is 4.52. The Morgan fingerprint density at radius 3 is 3.15 bits per heavy atom. The maximum Gasteiger partial charge on any atom is 0.0794 e. The molecular weight excluding hydrogens is 184 g/mol. The van der Waals surface area contributed by atoms with Crippen LogP contribution < -0.4 is 5.32 Å². The van der Waals surface area contributed by atoms with Crippen molar-refractivity contribution in [1.82, 2.24) is 10.3 Å². The SMILES string of the molecule is COC1CC(NCc2cncs2)C1. The molecule has 1 aromatic heterocycles. The number of methoxy groups -OCH3 is 1. The molecule has 1 fully saturated rings. The zero-order valence-electron chi connectivity index (χ0n) is 7.69. The van der Waals surface area contributed by atoms with Crippen LogP contribution in [0.15, 0.2) is 11.7 Å². The smallest absolute Gasteiger partial charge is 0.0794 e. The standard InChI is InChI=1S/C9H14N2OS/c1-12-8-2-7(3-8)11-5-9-4-10-6-13-9/h4,6-8,11H,2-3,5H2,1H3. The summed E-state index contributed by atoms with van der Waals surface area (Å²) >= 11 is 1.70. The van der Waals surface area contributed by atoms with Crippen molar-refractivity contribution in [3.8, 4) is 0 Å². The first kappa shape index (κ1) is 9.12. The van der Waals surface area contributed by atoms with Gasteiger partial charge in [-0.2, -0.15) is 0 Å². The molecule has 0 aliphatic heterocycles. The summed E-state index contributed by atoms with van der Waals surface area (Å²) in [7, 11) is 1.78. The Morgan fingerprint density at radius 2 is 2.54 bits per heavy atom. The van der Waals surface area contributed by atoms with Gasteiger partial charge in [-0.25, -0.2) is 0 Å². The average Bonchev–Trinajstić information content (AvgIpc) is 2.54. The van der Waals surface area contributed by atoms with E-state index in [9.17, 15) is 0 Å². The first-order valence-corrected chi connectivity index (χ1v) is 5.40. The summed E-state index contributed by atoms with van der Waals surface area (Å²) in [5, 5.41) is 3.48. The van der Waals surface area contributed by atoms with Gasteiger partial charge in [0.1, 0.15) is 0 Å². The molecule has 0 spiro atoms. The van der Waals surface area contributed by atoms with Crippen LogP contribution in [0.5, 0.6) is 0 Å². The highest BCUT2D eigenvalue weighted by Crippen LogP contribution is 2.22. The monoisotopic (exact) mass is 198 g/mol. The van der Waals surface area contributed by atoms with Crippen LogP contribution in [-0.2, 0) is 11.3 Å². The Hall–Kier alpha value is -0.450. The zero-order chi connectivity index (χ0) is 9.10. The van der Waals surface area contributed by atoms with Gasteiger partial charge in [-0.15, -0.1) is 11.3 Å². The molecule has 13 heavy (non-hydrogen) atoms. The highest BCUT2D eigenvalue weighted by molar-refractivity contribution is 7.09. The summed E-state index contributed by atoms with van der Waals surface area (Å²) in [5.74, 6) is 0. The lowest BCUT2D eigenvalue weighted by Crippen LogP contribution is -2.44. The van der Waals surface area contributed by atoms with E-state index in [-0.39, 0.29) is 0 Å². The van der Waals surface area contributed by atoms with Crippen LogP contribution in [0.25, 0.3) is 0 Å². The molecule has 1 saturated carbocycles. The van der Waals surface area contributed by atoms with Crippen molar-refractivity contribution >= 4 is 11.3 Å². The summed E-state index contributed by atoms with van der Waals surface area (Å²) in [4.78, 5) is 5.34. The van der Waals surface area contributed by atoms with E-state index in [0.29, 0.717) is 12.1 Å². The van der Waals surface area contributed by atoms with Crippen molar-refractivity contribution in [1.29, 1.82) is 0 Å². The molecule has 1 aliphatic carbocycles. The van der Waals surface area contributed by atoms with E-state index < -0.39 is 0 Å². The lowest BCUT2D eigenvalue weighted by atomic mass is 9.89. The van der Waals surface area contributed by atoms with Crippen molar-refractivity contribution < 1.29 is 4.74 Å². The van der Waals surface area contributed by atoms with Gasteiger partial charge < -0.3 is 10.1 Å². The van der Waals surface area contributed by atoms with Gasteiger partial charge in [-0.3, -0.25) is 4.98 Å². The predicted octanol–water partition coefficient (Wildman–Crippen LogP) is 1.41. The van der Waals surface area contributed by atoms with Crippen molar-refractivity contribution in [2.24, 2.45) is 0 Å². The molecule has 72 valence electrons. The van der Waals surface area contributed by atoms with E-state index in [1.165, 1.54) is 4.88 Å². The second-order valence-electron chi connectivity index (χ2n) is 3.37. The molecule has 0 radical (unpaired) electrons. The van der Waals surface area contributed by atoms with E-state index in [0.717, 1.165) is 19.4 Å². The quantitative estimate of drug-likeness (QED) is 0.794. The number of hydrogen-bond acceptors (Lipinski definition) is 4. The fraction of sp³-hybridized carbons (Fsp3) is 0.667. The third kappa shape index (κ3) is 2.27. The van der Waals surface area contributed by atoms with Crippen molar-refractivity contribution in [3.63, 3.8) is 0 Å². The third-order valence-electron chi connectivity index (χ3n) is 2.48. The summed E-state index contributed by atoms with van der Waals surface area (Å²) in [6, 6.07) is 0.645. The highest BCUT2D eigenvalue weighted by atomic mass is 32.1. The Morgan fingerprint density at radius 1 is 1.69 bits per heavy atom. The highest BCUT2D eigenvalue weighted by Gasteiger charge is 2.28. The maximum absolute atomic E-state index is 5.20. The van der Waals surface area contributed by atoms with E-state index in [1.54, 1.807) is 18.4 Å². The van der Waals surface area contributed by atoms with Crippen LogP contribution in [0, 0.1) is 0 Å². The molecule has 4 heteroatoms. The topological polar surface area (TPSA) is 34.1 Å². The molecule has 2 rings (SSSR count). The minimum atomic E-state index is 0.485. The summed E-state index contributed by atoms with van der Waals surface area (Å²) in [5.41, 5.74) is 1.87. The number of hydrogen-bond donors (Lipinski definition) is 1. The van der Waals surface area contributed by atoms with E-state index in [1.807, 2.05) is 11.7 Å². The molecule has 1 heterocycles. The largest absolute Gasteiger partial charge is 0.381 e. The van der Waals surface area contributed by atoms with Crippen LogP contribution in [0.3, 0.4) is 0 Å². The molecule has 1 N–H and O–H groups in total. The molecule has 0 saturated heterocycles. The minimum absolute atomic E-state index is 0.485. The molecule has 3 nitrogen and oxygen atoms in total. The van der Waals surface area contributed by atoms with Gasteiger partial charge in [-0.05, 0) is 12.8 Å². The lowest BCUT2D eigenvalue weighted by Gasteiger charge is -2.34. The number of ether oxygens (including phenoxy) is 1. The average molecular weight is 198 g/mol. The van der Waals surface area contributed by atoms with E-state index in [2.05, 4.69) is 10.3 Å². The van der Waals surface area contributed by atoms with Gasteiger partial charge in [0, 0.05) is 30.8 Å². The Labute approximate surface area is 82.1 Å². The van der Waals surface area contributed by atoms with E-state index in [4.69, 9.17) is 4.74 Å². The van der Waals surface area contributed by atoms with E-state index >= 15 is 0 Å². The summed E-state index contributed by atoms with van der Waals surface area (Å²) in [6.45, 7) is 0.950. The fourth-order valence-electron chi connectivity index (χ4n) is 1.50. The minimum Gasteiger partial charge on any atom is -0.381 e. The first-order chi connectivity index (χ1) is 6.38. The number of nitrogens with zero attached hydrogens (tertiary/aromatic N) is 1. The van der Waals surface area contributed by atoms with Crippen molar-refractivity contribution in [2.75, 3.05) is 7.11 Å². The lowest BCUT2D eigenvalue weighted by molar-refractivity contribution is 0.0170. The molecular formula is C9H14N2OS. The van der Waals surface area contributed by atoms with Crippen LogP contribution >= 0.6 is 11.3 Å². The second-order valence-corrected chi connectivity index (χ2v) is 4.35. The second kappa shape index (κ2) is 4.17. The molecule has 1 aliphatic rings. The molecule has 0 bridgehead atoms.